The van der Waals surface area contributed by atoms with Gasteiger partial charge in [0.1, 0.15) is 0 Å². The second-order valence-corrected chi connectivity index (χ2v) is 7.52. The van der Waals surface area contributed by atoms with Crippen molar-refractivity contribution in [2.45, 2.75) is 25.4 Å². The highest BCUT2D eigenvalue weighted by molar-refractivity contribution is 5.58. The first-order valence-corrected chi connectivity index (χ1v) is 9.56. The van der Waals surface area contributed by atoms with Crippen molar-refractivity contribution in [3.8, 4) is 18.2 Å². The average Bonchev–Trinajstić information content (AvgIpc) is 2.72. The van der Waals surface area contributed by atoms with Crippen LogP contribution >= 0.6 is 0 Å². The fraction of sp³-hybridized carbons (Fsp3) is 0.409. The summed E-state index contributed by atoms with van der Waals surface area (Å²) in [5.41, 5.74) is 2.25. The quantitative estimate of drug-likeness (QED) is 0.817. The molecule has 2 aliphatic rings. The van der Waals surface area contributed by atoms with Gasteiger partial charge >= 0.3 is 6.18 Å². The van der Waals surface area contributed by atoms with Gasteiger partial charge in [-0.2, -0.15) is 29.0 Å². The zero-order chi connectivity index (χ0) is 22.1. The number of nitrogens with two attached hydrogens (primary N) is 1. The van der Waals surface area contributed by atoms with Gasteiger partial charge in [0.25, 0.3) is 0 Å². The number of alkyl halides is 3. The number of hydrogen-bond donors (Lipinski definition) is 1. The maximum absolute atomic E-state index is 14.1. The molecule has 0 unspecified atom stereocenters. The molecule has 2 N–H and O–H groups in total. The average molecular weight is 411 g/mol. The predicted molar refractivity (Wildman–Crippen MR) is 103 cm³/mol. The largest absolute Gasteiger partial charge is 0.417 e. The Bertz CT molecular complexity index is 1020. The van der Waals surface area contributed by atoms with E-state index in [1.165, 1.54) is 12.1 Å². The molecule has 1 aromatic carbocycles. The normalized spacial score (nSPS) is 23.6. The summed E-state index contributed by atoms with van der Waals surface area (Å²) in [4.78, 5) is 2.06. The number of benzene rings is 1. The molecule has 8 heteroatoms. The van der Waals surface area contributed by atoms with E-state index in [4.69, 9.17) is 5.73 Å². The monoisotopic (exact) mass is 411 g/mol. The van der Waals surface area contributed by atoms with Crippen molar-refractivity contribution >= 4 is 0 Å². The Hall–Kier alpha value is -3.28. The molecule has 0 fully saturated rings. The van der Waals surface area contributed by atoms with E-state index in [0.717, 1.165) is 13.0 Å². The van der Waals surface area contributed by atoms with Gasteiger partial charge < -0.3 is 5.73 Å². The molecule has 1 aliphatic heterocycles. The molecule has 0 aromatic heterocycles. The first-order chi connectivity index (χ1) is 14.2. The SMILES string of the molecule is CCCN1CC=C2C(N)=C(C(F)(F)F)C(C#N)(C#N)[C@@H](c3ccccc3C#N)[C@@H]2C1. The molecule has 0 bridgehead atoms. The van der Waals surface area contributed by atoms with Gasteiger partial charge in [-0.15, -0.1) is 0 Å². The molecular formula is C22H20F3N5. The lowest BCUT2D eigenvalue weighted by Crippen LogP contribution is -2.50. The fourth-order valence-corrected chi connectivity index (χ4v) is 4.71. The predicted octanol–water partition coefficient (Wildman–Crippen LogP) is 3.73. The van der Waals surface area contributed by atoms with Crippen molar-refractivity contribution in [1.82, 2.24) is 4.90 Å². The van der Waals surface area contributed by atoms with E-state index in [1.807, 2.05) is 13.0 Å². The zero-order valence-electron chi connectivity index (χ0n) is 16.4. The molecule has 0 saturated carbocycles. The Morgan fingerprint density at radius 3 is 2.43 bits per heavy atom. The minimum absolute atomic E-state index is 0.145. The van der Waals surface area contributed by atoms with Gasteiger partial charge in [0.2, 0.25) is 0 Å². The van der Waals surface area contributed by atoms with Crippen LogP contribution < -0.4 is 5.73 Å². The van der Waals surface area contributed by atoms with E-state index in [1.54, 1.807) is 30.3 Å². The minimum atomic E-state index is -4.97. The van der Waals surface area contributed by atoms with Crippen molar-refractivity contribution in [3.05, 3.63) is 58.3 Å². The maximum Gasteiger partial charge on any atom is 0.417 e. The lowest BCUT2D eigenvalue weighted by molar-refractivity contribution is -0.105. The summed E-state index contributed by atoms with van der Waals surface area (Å²) < 4.78 is 42.4. The Labute approximate surface area is 173 Å². The van der Waals surface area contributed by atoms with Crippen LogP contribution in [0.4, 0.5) is 13.2 Å². The molecule has 1 aliphatic carbocycles. The number of fused-ring (bicyclic) bond motifs is 1. The first kappa shape index (κ1) is 21.4. The zero-order valence-corrected chi connectivity index (χ0v) is 16.4. The molecule has 0 spiro atoms. The van der Waals surface area contributed by atoms with Crippen LogP contribution in [0, 0.1) is 45.3 Å². The molecular weight excluding hydrogens is 391 g/mol. The van der Waals surface area contributed by atoms with Crippen LogP contribution in [0.25, 0.3) is 0 Å². The van der Waals surface area contributed by atoms with Crippen molar-refractivity contribution in [2.24, 2.45) is 17.1 Å². The molecule has 30 heavy (non-hydrogen) atoms. The summed E-state index contributed by atoms with van der Waals surface area (Å²) in [6.07, 6.45) is -2.47. The van der Waals surface area contributed by atoms with Crippen molar-refractivity contribution in [1.29, 1.82) is 15.8 Å². The van der Waals surface area contributed by atoms with Crippen molar-refractivity contribution in [3.63, 3.8) is 0 Å². The Morgan fingerprint density at radius 1 is 1.20 bits per heavy atom. The van der Waals surface area contributed by atoms with Gasteiger partial charge in [0.15, 0.2) is 5.41 Å². The van der Waals surface area contributed by atoms with Crippen LogP contribution in [-0.4, -0.2) is 30.7 Å². The van der Waals surface area contributed by atoms with Crippen LogP contribution in [0.2, 0.25) is 0 Å². The molecule has 1 heterocycles. The summed E-state index contributed by atoms with van der Waals surface area (Å²) in [5.74, 6) is -1.80. The summed E-state index contributed by atoms with van der Waals surface area (Å²) in [6, 6.07) is 11.5. The second-order valence-electron chi connectivity index (χ2n) is 7.52. The Morgan fingerprint density at radius 2 is 1.87 bits per heavy atom. The standard InChI is InChI=1S/C22H20F3N5/c1-2-8-30-9-7-16-17(11-30)18(15-6-4-3-5-14(15)10-26)21(12-27,13-28)20(19(16)29)22(23,24)25/h3-7,17-18H,2,8-9,11,29H2,1H3/t17-,18+/m1/s1. The third kappa shape index (κ3) is 3.22. The summed E-state index contributed by atoms with van der Waals surface area (Å²) in [7, 11) is 0. The van der Waals surface area contributed by atoms with Gasteiger partial charge in [0, 0.05) is 30.6 Å². The maximum atomic E-state index is 14.1. The van der Waals surface area contributed by atoms with Gasteiger partial charge in [-0.25, -0.2) is 0 Å². The number of nitrogens with zero attached hydrogens (tertiary/aromatic N) is 4. The highest BCUT2D eigenvalue weighted by atomic mass is 19.4. The van der Waals surface area contributed by atoms with Crippen LogP contribution in [0.3, 0.4) is 0 Å². The number of nitriles is 3. The lowest BCUT2D eigenvalue weighted by atomic mass is 9.56. The second kappa shape index (κ2) is 7.86. The van der Waals surface area contributed by atoms with Crippen LogP contribution in [0.1, 0.15) is 30.4 Å². The molecule has 1 aromatic rings. The topological polar surface area (TPSA) is 101 Å². The molecule has 0 saturated heterocycles. The van der Waals surface area contributed by atoms with Gasteiger partial charge in [0.05, 0.1) is 29.3 Å². The Kier molecular flexibility index (Phi) is 5.61. The van der Waals surface area contributed by atoms with Gasteiger partial charge in [-0.05, 0) is 30.2 Å². The molecule has 0 radical (unpaired) electrons. The van der Waals surface area contributed by atoms with Crippen molar-refractivity contribution in [2.75, 3.05) is 19.6 Å². The smallest absolute Gasteiger partial charge is 0.398 e. The van der Waals surface area contributed by atoms with Crippen molar-refractivity contribution < 1.29 is 13.2 Å². The van der Waals surface area contributed by atoms with E-state index in [9.17, 15) is 29.0 Å². The van der Waals surface area contributed by atoms with E-state index in [-0.39, 0.29) is 11.1 Å². The molecule has 0 amide bonds. The fourth-order valence-electron chi connectivity index (χ4n) is 4.71. The third-order valence-corrected chi connectivity index (χ3v) is 5.86. The lowest BCUT2D eigenvalue weighted by Gasteiger charge is -2.47. The van der Waals surface area contributed by atoms with Gasteiger partial charge in [-0.3, -0.25) is 4.90 Å². The molecule has 3 rings (SSSR count). The number of allylic oxidation sites excluding steroid dienone is 2. The first-order valence-electron chi connectivity index (χ1n) is 9.56. The van der Waals surface area contributed by atoms with E-state index in [2.05, 4.69) is 4.90 Å². The molecule has 2 atom stereocenters. The van der Waals surface area contributed by atoms with E-state index in [0.29, 0.717) is 18.7 Å². The minimum Gasteiger partial charge on any atom is -0.398 e. The molecule has 5 nitrogen and oxygen atoms in total. The highest BCUT2D eigenvalue weighted by Crippen LogP contribution is 2.58. The number of rotatable bonds is 3. The Balaban J connectivity index is 2.38. The van der Waals surface area contributed by atoms with Gasteiger partial charge in [-0.1, -0.05) is 31.2 Å². The summed E-state index contributed by atoms with van der Waals surface area (Å²) in [6.45, 7) is 3.49. The van der Waals surface area contributed by atoms with Crippen LogP contribution in [-0.2, 0) is 0 Å². The third-order valence-electron chi connectivity index (χ3n) is 5.86. The van der Waals surface area contributed by atoms with Crippen LogP contribution in [0.5, 0.6) is 0 Å². The summed E-state index contributed by atoms with van der Waals surface area (Å²) >= 11 is 0. The van der Waals surface area contributed by atoms with Crippen LogP contribution in [0.15, 0.2) is 47.2 Å². The number of halogens is 3. The highest BCUT2D eigenvalue weighted by Gasteiger charge is 2.62. The number of hydrogen-bond acceptors (Lipinski definition) is 5. The molecule has 154 valence electrons. The summed E-state index contributed by atoms with van der Waals surface area (Å²) in [5, 5.41) is 29.5. The van der Waals surface area contributed by atoms with E-state index < -0.39 is 34.7 Å². The van der Waals surface area contributed by atoms with E-state index >= 15 is 0 Å².